The number of pyridine rings is 1. The zero-order chi connectivity index (χ0) is 31.3. The molecule has 2 saturated heterocycles. The molecule has 0 radical (unpaired) electrons. The van der Waals surface area contributed by atoms with Crippen LogP contribution in [-0.4, -0.2) is 79.7 Å². The van der Waals surface area contributed by atoms with E-state index < -0.39 is 11.9 Å². The van der Waals surface area contributed by atoms with Crippen molar-refractivity contribution in [1.29, 1.82) is 0 Å². The molecule has 45 heavy (non-hydrogen) atoms. The smallest absolute Gasteiger partial charge is 0.309 e. The van der Waals surface area contributed by atoms with E-state index in [2.05, 4.69) is 34.9 Å². The molecule has 0 saturated carbocycles. The van der Waals surface area contributed by atoms with Gasteiger partial charge in [0.25, 0.3) is 0 Å². The third kappa shape index (κ3) is 6.95. The molecule has 0 spiro atoms. The lowest BCUT2D eigenvalue weighted by molar-refractivity contribution is -0.148. The number of nitrogens with zero attached hydrogens (tertiary/aromatic N) is 3. The van der Waals surface area contributed by atoms with Crippen molar-refractivity contribution in [2.24, 2.45) is 5.92 Å². The first-order chi connectivity index (χ1) is 21.9. The zero-order valence-electron chi connectivity index (χ0n) is 26.7. The molecule has 9 nitrogen and oxygen atoms in total. The Bertz CT molecular complexity index is 1470. The second-order valence-electron chi connectivity index (χ2n) is 12.3. The normalized spacial score (nSPS) is 20.9. The molecule has 3 aliphatic rings. The number of aliphatic carboxylic acids is 1. The van der Waals surface area contributed by atoms with Crippen molar-refractivity contribution in [2.75, 3.05) is 51.5 Å². The number of aryl methyl sites for hydroxylation is 1. The number of piperidine rings is 1. The maximum atomic E-state index is 11.8. The fourth-order valence-electron chi connectivity index (χ4n) is 7.08. The van der Waals surface area contributed by atoms with Gasteiger partial charge in [-0.2, -0.15) is 0 Å². The number of benzene rings is 2. The number of fused-ring (bicyclic) bond motifs is 1. The van der Waals surface area contributed by atoms with Crippen molar-refractivity contribution in [3.05, 3.63) is 70.8 Å². The van der Waals surface area contributed by atoms with Crippen LogP contribution in [0.4, 0.5) is 5.82 Å². The van der Waals surface area contributed by atoms with Crippen LogP contribution < -0.4 is 14.4 Å². The molecule has 9 heteroatoms. The minimum atomic E-state index is -0.801. The van der Waals surface area contributed by atoms with Crippen LogP contribution in [-0.2, 0) is 33.8 Å². The Hall–Kier alpha value is -3.66. The van der Waals surface area contributed by atoms with Crippen molar-refractivity contribution in [3.8, 4) is 22.8 Å². The number of aromatic nitrogens is 1. The Morgan fingerprint density at radius 1 is 1.09 bits per heavy atom. The standard InChI is InChI=1S/C36H45N3O6/c1-4-44-33-22-39(16-12-29(33)36(40)41)34-10-6-9-31(37-34)28-8-5-7-24(2)35(28)45-23-25-19-26-11-15-38(27-13-17-43-18-14-27)21-30(26)32(20-25)42-3/h5-10,19-20,27,29,33H,4,11-18,21-23H2,1-3H3,(H,40,41)/t29-,33+/m0/s1. The molecule has 3 aliphatic heterocycles. The lowest BCUT2D eigenvalue weighted by Gasteiger charge is -2.38. The van der Waals surface area contributed by atoms with Gasteiger partial charge in [0, 0.05) is 63.2 Å². The van der Waals surface area contributed by atoms with E-state index in [1.165, 1.54) is 11.1 Å². The van der Waals surface area contributed by atoms with Crippen LogP contribution in [0.15, 0.2) is 48.5 Å². The van der Waals surface area contributed by atoms with Gasteiger partial charge < -0.3 is 29.0 Å². The van der Waals surface area contributed by atoms with E-state index in [1.54, 1.807) is 7.11 Å². The highest BCUT2D eigenvalue weighted by Crippen LogP contribution is 2.36. The number of carbonyl (C=O) groups is 1. The molecular weight excluding hydrogens is 570 g/mol. The minimum Gasteiger partial charge on any atom is -0.496 e. The number of rotatable bonds is 10. The fraction of sp³-hybridized carbons (Fsp3) is 0.500. The summed E-state index contributed by atoms with van der Waals surface area (Å²) in [5, 5.41) is 9.68. The Labute approximate surface area is 266 Å². The summed E-state index contributed by atoms with van der Waals surface area (Å²) in [5.74, 6) is 1.24. The fourth-order valence-corrected chi connectivity index (χ4v) is 7.08. The quantitative estimate of drug-likeness (QED) is 0.318. The number of hydrogen-bond acceptors (Lipinski definition) is 8. The van der Waals surface area contributed by atoms with Crippen LogP contribution >= 0.6 is 0 Å². The average molecular weight is 616 g/mol. The molecule has 240 valence electrons. The molecule has 2 atom stereocenters. The van der Waals surface area contributed by atoms with Gasteiger partial charge >= 0.3 is 5.97 Å². The molecule has 0 bridgehead atoms. The Morgan fingerprint density at radius 2 is 1.91 bits per heavy atom. The van der Waals surface area contributed by atoms with E-state index >= 15 is 0 Å². The summed E-state index contributed by atoms with van der Waals surface area (Å²) in [6.07, 6.45) is 3.33. The third-order valence-corrected chi connectivity index (χ3v) is 9.50. The molecule has 3 aromatic rings. The maximum Gasteiger partial charge on any atom is 0.309 e. The van der Waals surface area contributed by atoms with Gasteiger partial charge in [0.15, 0.2) is 0 Å². The number of methoxy groups -OCH3 is 1. The second kappa shape index (κ2) is 14.2. The van der Waals surface area contributed by atoms with Gasteiger partial charge in [0.2, 0.25) is 0 Å². The molecule has 1 N–H and O–H groups in total. The Morgan fingerprint density at radius 3 is 2.69 bits per heavy atom. The molecule has 2 aromatic carbocycles. The number of carboxylic acids is 1. The first-order valence-corrected chi connectivity index (χ1v) is 16.2. The summed E-state index contributed by atoms with van der Waals surface area (Å²) in [7, 11) is 1.76. The van der Waals surface area contributed by atoms with Gasteiger partial charge in [-0.05, 0) is 80.5 Å². The van der Waals surface area contributed by atoms with Gasteiger partial charge in [-0.25, -0.2) is 4.98 Å². The summed E-state index contributed by atoms with van der Waals surface area (Å²) in [4.78, 5) is 21.5. The summed E-state index contributed by atoms with van der Waals surface area (Å²) in [6.45, 7) is 9.62. The zero-order valence-corrected chi connectivity index (χ0v) is 26.7. The molecular formula is C36H45N3O6. The molecule has 2 fully saturated rings. The van der Waals surface area contributed by atoms with E-state index in [9.17, 15) is 9.90 Å². The van der Waals surface area contributed by atoms with Crippen molar-refractivity contribution in [2.45, 2.75) is 64.8 Å². The van der Waals surface area contributed by atoms with Crippen molar-refractivity contribution < 1.29 is 28.8 Å². The summed E-state index contributed by atoms with van der Waals surface area (Å²) < 4.78 is 23.9. The average Bonchev–Trinajstić information content (AvgIpc) is 3.07. The lowest BCUT2D eigenvalue weighted by atomic mass is 9.93. The number of ether oxygens (including phenoxy) is 4. The highest BCUT2D eigenvalue weighted by molar-refractivity contribution is 5.72. The SMILES string of the molecule is CCO[C@@H]1CN(c2cccc(-c3cccc(C)c3OCc3cc4c(c(OC)c3)CN(C3CCOCC3)CC4)n2)CC[C@@H]1C(=O)O. The number of para-hydroxylation sites is 1. The van der Waals surface area contributed by atoms with Gasteiger partial charge in [0.1, 0.15) is 23.9 Å². The Balaban J connectivity index is 1.20. The molecule has 4 heterocycles. The van der Waals surface area contributed by atoms with Gasteiger partial charge in [-0.1, -0.05) is 24.3 Å². The van der Waals surface area contributed by atoms with Crippen LogP contribution in [0, 0.1) is 12.8 Å². The Kier molecular flexibility index (Phi) is 9.88. The molecule has 6 rings (SSSR count). The summed E-state index contributed by atoms with van der Waals surface area (Å²) in [6, 6.07) is 17.1. The highest BCUT2D eigenvalue weighted by atomic mass is 16.5. The topological polar surface area (TPSA) is 93.6 Å². The van der Waals surface area contributed by atoms with Crippen LogP contribution in [0.25, 0.3) is 11.3 Å². The largest absolute Gasteiger partial charge is 0.496 e. The number of anilines is 1. The van der Waals surface area contributed by atoms with Crippen LogP contribution in [0.5, 0.6) is 11.5 Å². The first kappa shape index (κ1) is 31.3. The summed E-state index contributed by atoms with van der Waals surface area (Å²) >= 11 is 0. The van der Waals surface area contributed by atoms with Crippen LogP contribution in [0.3, 0.4) is 0 Å². The van der Waals surface area contributed by atoms with E-state index in [0.29, 0.717) is 38.8 Å². The van der Waals surface area contributed by atoms with Gasteiger partial charge in [-0.3, -0.25) is 9.69 Å². The van der Waals surface area contributed by atoms with E-state index in [4.69, 9.17) is 23.9 Å². The molecule has 0 aliphatic carbocycles. The predicted octanol–water partition coefficient (Wildman–Crippen LogP) is 5.50. The summed E-state index contributed by atoms with van der Waals surface area (Å²) in [5.41, 5.74) is 6.49. The van der Waals surface area contributed by atoms with Gasteiger partial charge in [-0.15, -0.1) is 0 Å². The van der Waals surface area contributed by atoms with E-state index in [0.717, 1.165) is 85.3 Å². The molecule has 0 amide bonds. The monoisotopic (exact) mass is 615 g/mol. The third-order valence-electron chi connectivity index (χ3n) is 9.50. The second-order valence-corrected chi connectivity index (χ2v) is 12.3. The molecule has 0 unspecified atom stereocenters. The minimum absolute atomic E-state index is 0.372. The van der Waals surface area contributed by atoms with E-state index in [-0.39, 0.29) is 6.10 Å². The van der Waals surface area contributed by atoms with Crippen molar-refractivity contribution in [1.82, 2.24) is 9.88 Å². The van der Waals surface area contributed by atoms with Crippen molar-refractivity contribution in [3.63, 3.8) is 0 Å². The van der Waals surface area contributed by atoms with Crippen LogP contribution in [0.2, 0.25) is 0 Å². The van der Waals surface area contributed by atoms with Crippen LogP contribution in [0.1, 0.15) is 48.4 Å². The number of hydrogen-bond donors (Lipinski definition) is 1. The highest BCUT2D eigenvalue weighted by Gasteiger charge is 2.35. The molecule has 1 aromatic heterocycles. The predicted molar refractivity (Wildman–Crippen MR) is 173 cm³/mol. The maximum absolute atomic E-state index is 11.8. The lowest BCUT2D eigenvalue weighted by Crippen LogP contribution is -2.48. The van der Waals surface area contributed by atoms with Gasteiger partial charge in [0.05, 0.1) is 24.8 Å². The number of carboxylic acid groups (broad SMARTS) is 1. The first-order valence-electron chi connectivity index (χ1n) is 16.2. The van der Waals surface area contributed by atoms with E-state index in [1.807, 2.05) is 37.3 Å². The van der Waals surface area contributed by atoms with Crippen molar-refractivity contribution >= 4 is 11.8 Å².